The average molecular weight is 544 g/mol. The normalized spacial score (nSPS) is 12.0. The Morgan fingerprint density at radius 1 is 1.12 bits per heavy atom. The molecule has 0 radical (unpaired) electrons. The summed E-state index contributed by atoms with van der Waals surface area (Å²) >= 11 is 4.77. The number of thiazole rings is 1. The molecule has 0 aliphatic rings. The lowest BCUT2D eigenvalue weighted by Crippen LogP contribution is -2.16. The Bertz CT molecular complexity index is 1570. The van der Waals surface area contributed by atoms with Gasteiger partial charge in [-0.15, -0.1) is 6.42 Å². The van der Waals surface area contributed by atoms with Crippen molar-refractivity contribution in [3.05, 3.63) is 87.4 Å². The minimum Gasteiger partial charge on any atom is -0.305 e. The van der Waals surface area contributed by atoms with E-state index in [1.54, 1.807) is 4.57 Å². The van der Waals surface area contributed by atoms with Crippen LogP contribution in [-0.4, -0.2) is 18.9 Å². The smallest absolute Gasteiger partial charge is 0.279 e. The second-order valence-corrected chi connectivity index (χ2v) is 10.4. The fourth-order valence-electron chi connectivity index (χ4n) is 3.04. The van der Waals surface area contributed by atoms with E-state index in [2.05, 4.69) is 31.6 Å². The van der Waals surface area contributed by atoms with Gasteiger partial charge in [-0.25, -0.2) is 12.8 Å². The zero-order valence-corrected chi connectivity index (χ0v) is 20.0. The molecule has 0 saturated heterocycles. The third-order valence-electron chi connectivity index (χ3n) is 4.60. The molecule has 4 rings (SSSR count). The van der Waals surface area contributed by atoms with Crippen molar-refractivity contribution in [2.24, 2.45) is 4.99 Å². The number of anilines is 1. The lowest BCUT2D eigenvalue weighted by Gasteiger charge is -2.08. The lowest BCUT2D eigenvalue weighted by molar-refractivity contribution is 0.0998. The molecule has 0 saturated carbocycles. The Balaban J connectivity index is 1.60. The average Bonchev–Trinajstić information content (AvgIpc) is 3.10. The number of carbonyl (C=O) groups is 1. The van der Waals surface area contributed by atoms with E-state index in [0.717, 1.165) is 26.8 Å². The van der Waals surface area contributed by atoms with Crippen LogP contribution in [0.5, 0.6) is 0 Å². The van der Waals surface area contributed by atoms with Crippen molar-refractivity contribution in [3.8, 4) is 12.3 Å². The minimum atomic E-state index is -3.89. The summed E-state index contributed by atoms with van der Waals surface area (Å²) in [6.07, 6.45) is 5.49. The number of carbonyl (C=O) groups excluding carboxylic acids is 1. The van der Waals surface area contributed by atoms with Crippen molar-refractivity contribution < 1.29 is 17.6 Å². The van der Waals surface area contributed by atoms with Gasteiger partial charge in [0.1, 0.15) is 5.82 Å². The molecule has 0 bridgehead atoms. The topological polar surface area (TPSA) is 80.5 Å². The Morgan fingerprint density at radius 3 is 2.48 bits per heavy atom. The molecule has 6 nitrogen and oxygen atoms in total. The molecule has 33 heavy (non-hydrogen) atoms. The molecule has 0 aliphatic carbocycles. The summed E-state index contributed by atoms with van der Waals surface area (Å²) in [7, 11) is -3.89. The molecule has 1 heterocycles. The van der Waals surface area contributed by atoms with E-state index in [-0.39, 0.29) is 22.7 Å². The first-order chi connectivity index (χ1) is 15.8. The van der Waals surface area contributed by atoms with E-state index in [0.29, 0.717) is 4.80 Å². The van der Waals surface area contributed by atoms with E-state index < -0.39 is 21.7 Å². The predicted octanol–water partition coefficient (Wildman–Crippen LogP) is 4.78. The Kier molecular flexibility index (Phi) is 6.47. The second-order valence-electron chi connectivity index (χ2n) is 6.84. The summed E-state index contributed by atoms with van der Waals surface area (Å²) in [6.45, 7) is 0.262. The molecular formula is C23H15BrFN3O3S2. The van der Waals surface area contributed by atoms with Crippen molar-refractivity contribution in [2.45, 2.75) is 11.4 Å². The van der Waals surface area contributed by atoms with Crippen LogP contribution in [0.25, 0.3) is 10.2 Å². The van der Waals surface area contributed by atoms with Crippen LogP contribution in [0, 0.1) is 18.2 Å². The van der Waals surface area contributed by atoms with Crippen LogP contribution in [0.3, 0.4) is 0 Å². The molecular weight excluding hydrogens is 529 g/mol. The molecule has 0 spiro atoms. The monoisotopic (exact) mass is 543 g/mol. The molecule has 1 N–H and O–H groups in total. The number of hydrogen-bond acceptors (Lipinski definition) is 4. The van der Waals surface area contributed by atoms with Gasteiger partial charge in [-0.1, -0.05) is 33.2 Å². The first-order valence-corrected chi connectivity index (χ1v) is 12.6. The number of nitrogens with zero attached hydrogens (tertiary/aromatic N) is 2. The van der Waals surface area contributed by atoms with E-state index in [1.165, 1.54) is 47.7 Å². The Hall–Kier alpha value is -3.26. The first kappa shape index (κ1) is 22.9. The zero-order valence-electron chi connectivity index (χ0n) is 16.8. The highest BCUT2D eigenvalue weighted by atomic mass is 79.9. The number of aromatic nitrogens is 1. The SMILES string of the molecule is C#CCn1c(=NC(=O)c2ccc(NS(=O)(=O)c3ccc(F)cc3)cc2)sc2cc(Br)ccc21. The third-order valence-corrected chi connectivity index (χ3v) is 7.53. The summed E-state index contributed by atoms with van der Waals surface area (Å²) in [5, 5.41) is 0. The van der Waals surface area contributed by atoms with Crippen LogP contribution in [0.4, 0.5) is 10.1 Å². The molecule has 10 heteroatoms. The fraction of sp³-hybridized carbons (Fsp3) is 0.0435. The summed E-state index contributed by atoms with van der Waals surface area (Å²) in [6, 6.07) is 16.1. The van der Waals surface area contributed by atoms with Crippen molar-refractivity contribution in [1.29, 1.82) is 0 Å². The van der Waals surface area contributed by atoms with Gasteiger partial charge in [-0.2, -0.15) is 4.99 Å². The van der Waals surface area contributed by atoms with E-state index in [9.17, 15) is 17.6 Å². The number of terminal acetylenes is 1. The minimum absolute atomic E-state index is 0.0754. The summed E-state index contributed by atoms with van der Waals surface area (Å²) in [4.78, 5) is 17.4. The van der Waals surface area contributed by atoms with Gasteiger partial charge < -0.3 is 4.57 Å². The second kappa shape index (κ2) is 9.31. The van der Waals surface area contributed by atoms with Gasteiger partial charge in [0, 0.05) is 15.7 Å². The molecule has 0 atom stereocenters. The van der Waals surface area contributed by atoms with Crippen molar-refractivity contribution >= 4 is 59.1 Å². The quantitative estimate of drug-likeness (QED) is 0.368. The van der Waals surface area contributed by atoms with Crippen LogP contribution in [-0.2, 0) is 16.6 Å². The maximum absolute atomic E-state index is 13.1. The van der Waals surface area contributed by atoms with Crippen LogP contribution < -0.4 is 9.52 Å². The zero-order chi connectivity index (χ0) is 23.6. The number of fused-ring (bicyclic) bond motifs is 1. The fourth-order valence-corrected chi connectivity index (χ4v) is 5.67. The standard InChI is InChI=1S/C23H15BrFN3O3S2/c1-2-13-28-20-12-5-16(24)14-21(20)32-23(28)26-22(29)15-3-8-18(9-4-15)27-33(30,31)19-10-6-17(25)7-11-19/h1,3-12,14,27H,13H2. The molecule has 166 valence electrons. The number of hydrogen-bond donors (Lipinski definition) is 1. The van der Waals surface area contributed by atoms with Crippen LogP contribution in [0.15, 0.2) is 81.1 Å². The number of halogens is 2. The van der Waals surface area contributed by atoms with Gasteiger partial charge in [0.2, 0.25) is 0 Å². The molecule has 4 aromatic rings. The highest BCUT2D eigenvalue weighted by Crippen LogP contribution is 2.22. The maximum Gasteiger partial charge on any atom is 0.279 e. The number of benzene rings is 3. The van der Waals surface area contributed by atoms with Gasteiger partial charge in [0.15, 0.2) is 4.80 Å². The highest BCUT2D eigenvalue weighted by molar-refractivity contribution is 9.10. The van der Waals surface area contributed by atoms with Gasteiger partial charge in [0.05, 0.1) is 21.7 Å². The van der Waals surface area contributed by atoms with Crippen molar-refractivity contribution in [3.63, 3.8) is 0 Å². The molecule has 0 aliphatic heterocycles. The van der Waals surface area contributed by atoms with Crippen LogP contribution in [0.1, 0.15) is 10.4 Å². The highest BCUT2D eigenvalue weighted by Gasteiger charge is 2.15. The van der Waals surface area contributed by atoms with Gasteiger partial charge in [-0.05, 0) is 66.7 Å². The van der Waals surface area contributed by atoms with Gasteiger partial charge in [0.25, 0.3) is 15.9 Å². The van der Waals surface area contributed by atoms with Crippen LogP contribution in [0.2, 0.25) is 0 Å². The number of nitrogens with one attached hydrogen (secondary N) is 1. The first-order valence-electron chi connectivity index (χ1n) is 9.47. The van der Waals surface area contributed by atoms with Crippen LogP contribution >= 0.6 is 27.3 Å². The van der Waals surface area contributed by atoms with Gasteiger partial charge >= 0.3 is 0 Å². The van der Waals surface area contributed by atoms with E-state index >= 15 is 0 Å². The molecule has 0 unspecified atom stereocenters. The molecule has 3 aromatic carbocycles. The summed E-state index contributed by atoms with van der Waals surface area (Å²) in [5.74, 6) is 1.56. The Labute approximate surface area is 201 Å². The molecule has 1 amide bonds. The maximum atomic E-state index is 13.1. The van der Waals surface area contributed by atoms with E-state index in [4.69, 9.17) is 6.42 Å². The lowest BCUT2D eigenvalue weighted by atomic mass is 10.2. The number of rotatable bonds is 5. The van der Waals surface area contributed by atoms with Crippen molar-refractivity contribution in [2.75, 3.05) is 4.72 Å². The molecule has 1 aromatic heterocycles. The summed E-state index contributed by atoms with van der Waals surface area (Å²) < 4.78 is 44.0. The predicted molar refractivity (Wildman–Crippen MR) is 130 cm³/mol. The number of sulfonamides is 1. The summed E-state index contributed by atoms with van der Waals surface area (Å²) in [5.41, 5.74) is 1.41. The number of amides is 1. The molecule has 0 fully saturated rings. The van der Waals surface area contributed by atoms with E-state index in [1.807, 2.05) is 18.2 Å². The van der Waals surface area contributed by atoms with Gasteiger partial charge in [-0.3, -0.25) is 9.52 Å². The van der Waals surface area contributed by atoms with Crippen molar-refractivity contribution in [1.82, 2.24) is 4.57 Å². The Morgan fingerprint density at radius 2 is 1.82 bits per heavy atom. The third kappa shape index (κ3) is 5.06. The largest absolute Gasteiger partial charge is 0.305 e.